The number of hydrogen-bond acceptors (Lipinski definition) is 7. The number of rotatable bonds is 9. The predicted octanol–water partition coefficient (Wildman–Crippen LogP) is 3.39. The molecule has 1 aromatic heterocycles. The van der Waals surface area contributed by atoms with Crippen molar-refractivity contribution >= 4 is 23.6 Å². The molecule has 0 fully saturated rings. The number of hydrogen-bond donors (Lipinski definition) is 3. The molecule has 0 spiro atoms. The molecule has 176 valence electrons. The molecule has 0 aliphatic carbocycles. The topological polar surface area (TPSA) is 119 Å². The molecular weight excluding hydrogens is 438 g/mol. The molecule has 0 aliphatic rings. The van der Waals surface area contributed by atoms with E-state index in [2.05, 4.69) is 15.6 Å². The summed E-state index contributed by atoms with van der Waals surface area (Å²) in [6, 6.07) is 13.3. The van der Waals surface area contributed by atoms with Crippen LogP contribution < -0.4 is 24.8 Å². The molecule has 3 rings (SSSR count). The molecule has 0 bridgehead atoms. The maximum absolute atomic E-state index is 12.3. The third-order valence-corrected chi connectivity index (χ3v) is 4.80. The molecule has 1 heterocycles. The number of methoxy groups -OCH3 is 3. The van der Waals surface area contributed by atoms with Crippen LogP contribution in [0.25, 0.3) is 6.08 Å². The summed E-state index contributed by atoms with van der Waals surface area (Å²) in [6.45, 7) is 0.294. The van der Waals surface area contributed by atoms with E-state index in [9.17, 15) is 14.7 Å². The van der Waals surface area contributed by atoms with Gasteiger partial charge in [0.25, 0.3) is 5.91 Å². The number of ether oxygens (including phenoxy) is 3. The van der Waals surface area contributed by atoms with Gasteiger partial charge >= 0.3 is 0 Å². The lowest BCUT2D eigenvalue weighted by Crippen LogP contribution is -2.20. The molecule has 3 N–H and O–H groups in total. The number of aromatic hydroxyl groups is 1. The van der Waals surface area contributed by atoms with E-state index in [-0.39, 0.29) is 17.7 Å². The second-order valence-electron chi connectivity index (χ2n) is 7.07. The minimum atomic E-state index is -0.309. The fourth-order valence-electron chi connectivity index (χ4n) is 3.05. The standard InChI is InChI=1S/C25H25N3O6/c1-32-20-12-17(13-21(33-2)24(20)34-3)6-10-22(29)26-14-16-4-7-18(8-5-16)25(31)28-19-9-11-23(30)27-15-19/h4-13,15H,14H2,1-3H3,(H,26,29)(H,27,30)(H,28,31)/b10-6+. The Bertz CT molecular complexity index is 1150. The van der Waals surface area contributed by atoms with Gasteiger partial charge in [-0.2, -0.15) is 0 Å². The summed E-state index contributed by atoms with van der Waals surface area (Å²) in [7, 11) is 4.57. The Balaban J connectivity index is 1.56. The first-order valence-corrected chi connectivity index (χ1v) is 10.2. The number of nitrogens with zero attached hydrogens (tertiary/aromatic N) is 1. The van der Waals surface area contributed by atoms with Gasteiger partial charge in [-0.25, -0.2) is 4.98 Å². The van der Waals surface area contributed by atoms with Crippen molar-refractivity contribution in [3.05, 3.63) is 77.5 Å². The number of benzene rings is 2. The van der Waals surface area contributed by atoms with Gasteiger partial charge in [-0.15, -0.1) is 0 Å². The smallest absolute Gasteiger partial charge is 0.255 e. The summed E-state index contributed by atoms with van der Waals surface area (Å²) < 4.78 is 15.9. The normalized spacial score (nSPS) is 10.6. The Hall–Kier alpha value is -4.53. The lowest BCUT2D eigenvalue weighted by molar-refractivity contribution is -0.116. The summed E-state index contributed by atoms with van der Waals surface area (Å²) >= 11 is 0. The number of carbonyl (C=O) groups excluding carboxylic acids is 2. The van der Waals surface area contributed by atoms with Crippen LogP contribution in [0.2, 0.25) is 0 Å². The minimum absolute atomic E-state index is 0.123. The molecule has 2 aromatic carbocycles. The van der Waals surface area contributed by atoms with Gasteiger partial charge in [0.1, 0.15) is 0 Å². The number of carbonyl (C=O) groups is 2. The van der Waals surface area contributed by atoms with Crippen LogP contribution in [-0.2, 0) is 11.3 Å². The molecule has 2 amide bonds. The van der Waals surface area contributed by atoms with E-state index in [4.69, 9.17) is 14.2 Å². The molecule has 0 aliphatic heterocycles. The number of aromatic nitrogens is 1. The van der Waals surface area contributed by atoms with E-state index in [1.165, 1.54) is 39.7 Å². The summed E-state index contributed by atoms with van der Waals surface area (Å²) in [4.78, 5) is 28.3. The lowest BCUT2D eigenvalue weighted by Gasteiger charge is -2.12. The zero-order valence-corrected chi connectivity index (χ0v) is 19.0. The van der Waals surface area contributed by atoms with Gasteiger partial charge in [-0.3, -0.25) is 9.59 Å². The van der Waals surface area contributed by atoms with E-state index in [1.807, 2.05) is 0 Å². The number of nitrogens with one attached hydrogen (secondary N) is 2. The van der Waals surface area contributed by atoms with Crippen LogP contribution in [-0.4, -0.2) is 43.2 Å². The zero-order chi connectivity index (χ0) is 24.5. The summed E-state index contributed by atoms with van der Waals surface area (Å²) in [5.41, 5.74) is 2.46. The monoisotopic (exact) mass is 463 g/mol. The quantitative estimate of drug-likeness (QED) is 0.416. The van der Waals surface area contributed by atoms with Gasteiger partial charge in [0.2, 0.25) is 17.5 Å². The van der Waals surface area contributed by atoms with Gasteiger partial charge in [-0.1, -0.05) is 12.1 Å². The first-order valence-electron chi connectivity index (χ1n) is 10.2. The second kappa shape index (κ2) is 11.4. The van der Waals surface area contributed by atoms with Crippen molar-refractivity contribution in [1.82, 2.24) is 10.3 Å². The Morgan fingerprint density at radius 3 is 2.21 bits per heavy atom. The molecule has 3 aromatic rings. The third-order valence-electron chi connectivity index (χ3n) is 4.80. The van der Waals surface area contributed by atoms with Gasteiger partial charge in [0, 0.05) is 24.3 Å². The highest BCUT2D eigenvalue weighted by atomic mass is 16.5. The van der Waals surface area contributed by atoms with Crippen LogP contribution in [0, 0.1) is 0 Å². The van der Waals surface area contributed by atoms with Crippen molar-refractivity contribution in [3.8, 4) is 23.1 Å². The molecule has 9 nitrogen and oxygen atoms in total. The second-order valence-corrected chi connectivity index (χ2v) is 7.07. The zero-order valence-electron chi connectivity index (χ0n) is 19.0. The SMILES string of the molecule is COc1cc(/C=C/C(=O)NCc2ccc(C(=O)Nc3ccc(O)nc3)cc2)cc(OC)c1OC. The minimum Gasteiger partial charge on any atom is -0.493 e. The highest BCUT2D eigenvalue weighted by molar-refractivity contribution is 6.04. The fourth-order valence-corrected chi connectivity index (χ4v) is 3.05. The molecule has 0 atom stereocenters. The van der Waals surface area contributed by atoms with Crippen molar-refractivity contribution in [3.63, 3.8) is 0 Å². The van der Waals surface area contributed by atoms with Gasteiger partial charge in [-0.05, 0) is 47.5 Å². The average molecular weight is 463 g/mol. The van der Waals surface area contributed by atoms with E-state index in [1.54, 1.807) is 48.5 Å². The largest absolute Gasteiger partial charge is 0.493 e. The van der Waals surface area contributed by atoms with E-state index < -0.39 is 0 Å². The summed E-state index contributed by atoms with van der Waals surface area (Å²) in [5, 5.41) is 14.7. The molecule has 0 radical (unpaired) electrons. The molecule has 9 heteroatoms. The van der Waals surface area contributed by atoms with Crippen molar-refractivity contribution in [2.24, 2.45) is 0 Å². The molecule has 0 unspecified atom stereocenters. The number of anilines is 1. The molecule has 34 heavy (non-hydrogen) atoms. The molecular formula is C25H25N3O6. The van der Waals surface area contributed by atoms with Crippen LogP contribution in [0.4, 0.5) is 5.69 Å². The van der Waals surface area contributed by atoms with Crippen LogP contribution in [0.1, 0.15) is 21.5 Å². The van der Waals surface area contributed by atoms with Crippen LogP contribution in [0.5, 0.6) is 23.1 Å². The Morgan fingerprint density at radius 1 is 0.971 bits per heavy atom. The Labute approximate surface area is 197 Å². The average Bonchev–Trinajstić information content (AvgIpc) is 2.87. The number of pyridine rings is 1. The van der Waals surface area contributed by atoms with Crippen LogP contribution >= 0.6 is 0 Å². The lowest BCUT2D eigenvalue weighted by atomic mass is 10.1. The van der Waals surface area contributed by atoms with Crippen molar-refractivity contribution in [1.29, 1.82) is 0 Å². The summed E-state index contributed by atoms with van der Waals surface area (Å²) in [5.74, 6) is 0.748. The van der Waals surface area contributed by atoms with Crippen molar-refractivity contribution in [2.75, 3.05) is 26.6 Å². The van der Waals surface area contributed by atoms with Gasteiger partial charge in [0.15, 0.2) is 11.5 Å². The Morgan fingerprint density at radius 2 is 1.65 bits per heavy atom. The maximum atomic E-state index is 12.3. The third kappa shape index (κ3) is 6.26. The first kappa shape index (κ1) is 24.1. The van der Waals surface area contributed by atoms with Gasteiger partial charge in [0.05, 0.1) is 33.2 Å². The van der Waals surface area contributed by atoms with Crippen molar-refractivity contribution in [2.45, 2.75) is 6.54 Å². The maximum Gasteiger partial charge on any atom is 0.255 e. The van der Waals surface area contributed by atoms with E-state index in [0.29, 0.717) is 40.6 Å². The first-order chi connectivity index (χ1) is 16.4. The van der Waals surface area contributed by atoms with Crippen molar-refractivity contribution < 1.29 is 28.9 Å². The molecule has 0 saturated carbocycles. The molecule has 0 saturated heterocycles. The van der Waals surface area contributed by atoms with E-state index in [0.717, 1.165) is 5.56 Å². The van der Waals surface area contributed by atoms with E-state index >= 15 is 0 Å². The van der Waals surface area contributed by atoms with Gasteiger partial charge < -0.3 is 30.0 Å². The fraction of sp³-hybridized carbons (Fsp3) is 0.160. The summed E-state index contributed by atoms with van der Waals surface area (Å²) in [6.07, 6.45) is 4.42. The van der Waals surface area contributed by atoms with Crippen LogP contribution in [0.15, 0.2) is 60.8 Å². The van der Waals surface area contributed by atoms with Crippen LogP contribution in [0.3, 0.4) is 0 Å². The predicted molar refractivity (Wildman–Crippen MR) is 127 cm³/mol. The number of amides is 2. The Kier molecular flexibility index (Phi) is 8.07. The highest BCUT2D eigenvalue weighted by Crippen LogP contribution is 2.38. The highest BCUT2D eigenvalue weighted by Gasteiger charge is 2.12.